The van der Waals surface area contributed by atoms with Crippen LogP contribution in [-0.2, 0) is 5.41 Å². The summed E-state index contributed by atoms with van der Waals surface area (Å²) in [5.74, 6) is 0.386. The van der Waals surface area contributed by atoms with E-state index in [9.17, 15) is 5.11 Å². The van der Waals surface area contributed by atoms with Crippen LogP contribution in [-0.4, -0.2) is 11.7 Å². The van der Waals surface area contributed by atoms with Crippen LogP contribution in [0, 0.1) is 12.3 Å². The van der Waals surface area contributed by atoms with Gasteiger partial charge in [-0.3, -0.25) is 0 Å². The molecule has 0 bridgehead atoms. The monoisotopic (exact) mass is 205 g/mol. The molecule has 1 aromatic carbocycles. The molecule has 1 unspecified atom stereocenters. The Labute approximate surface area is 91.1 Å². The number of benzene rings is 1. The van der Waals surface area contributed by atoms with Crippen LogP contribution in [0.1, 0.15) is 31.4 Å². The molecule has 2 heteroatoms. The van der Waals surface area contributed by atoms with Crippen molar-refractivity contribution in [1.29, 1.82) is 0 Å². The van der Waals surface area contributed by atoms with E-state index < -0.39 is 0 Å². The molecule has 15 heavy (non-hydrogen) atoms. The summed E-state index contributed by atoms with van der Waals surface area (Å²) < 4.78 is 0. The van der Waals surface area contributed by atoms with Gasteiger partial charge in [-0.25, -0.2) is 0 Å². The van der Waals surface area contributed by atoms with E-state index in [1.54, 1.807) is 6.07 Å². The van der Waals surface area contributed by atoms with Crippen molar-refractivity contribution in [3.05, 3.63) is 29.3 Å². The van der Waals surface area contributed by atoms with Gasteiger partial charge >= 0.3 is 0 Å². The van der Waals surface area contributed by atoms with E-state index in [-0.39, 0.29) is 10.8 Å². The number of hydrogen-bond donors (Lipinski definition) is 2. The molecule has 0 spiro atoms. The lowest BCUT2D eigenvalue weighted by molar-refractivity contribution is 0.437. The summed E-state index contributed by atoms with van der Waals surface area (Å²) in [5.41, 5.74) is 8.29. The number of nitrogens with two attached hydrogens (primary N) is 1. The maximum atomic E-state index is 9.92. The summed E-state index contributed by atoms with van der Waals surface area (Å²) in [4.78, 5) is 0. The van der Waals surface area contributed by atoms with Crippen molar-refractivity contribution in [2.24, 2.45) is 11.1 Å². The molecule has 0 heterocycles. The van der Waals surface area contributed by atoms with Gasteiger partial charge in [0.05, 0.1) is 0 Å². The third-order valence-electron chi connectivity index (χ3n) is 3.93. The van der Waals surface area contributed by atoms with E-state index in [1.807, 2.05) is 13.0 Å². The van der Waals surface area contributed by atoms with Gasteiger partial charge < -0.3 is 10.8 Å². The number of hydrogen-bond acceptors (Lipinski definition) is 2. The molecule has 2 rings (SSSR count). The van der Waals surface area contributed by atoms with Crippen molar-refractivity contribution in [3.63, 3.8) is 0 Å². The molecule has 3 N–H and O–H groups in total. The van der Waals surface area contributed by atoms with Gasteiger partial charge in [-0.2, -0.15) is 0 Å². The summed E-state index contributed by atoms with van der Waals surface area (Å²) in [5, 5.41) is 9.92. The van der Waals surface area contributed by atoms with Crippen LogP contribution in [0.5, 0.6) is 5.75 Å². The van der Waals surface area contributed by atoms with Gasteiger partial charge in [0.1, 0.15) is 5.75 Å². The second-order valence-corrected chi connectivity index (χ2v) is 5.37. The van der Waals surface area contributed by atoms with Gasteiger partial charge in [-0.1, -0.05) is 31.5 Å². The number of aromatic hydroxyl groups is 1. The van der Waals surface area contributed by atoms with Crippen LogP contribution in [0.2, 0.25) is 0 Å². The Balaban J connectivity index is 2.50. The molecule has 1 fully saturated rings. The topological polar surface area (TPSA) is 46.2 Å². The van der Waals surface area contributed by atoms with Gasteiger partial charge in [0.15, 0.2) is 0 Å². The maximum Gasteiger partial charge on any atom is 0.119 e. The lowest BCUT2D eigenvalue weighted by Gasteiger charge is -2.20. The Hall–Kier alpha value is -1.02. The number of aryl methyl sites for hydroxylation is 1. The van der Waals surface area contributed by atoms with Gasteiger partial charge in [0, 0.05) is 17.5 Å². The molecule has 0 saturated heterocycles. The lowest BCUT2D eigenvalue weighted by Crippen LogP contribution is -2.25. The highest BCUT2D eigenvalue weighted by atomic mass is 16.3. The van der Waals surface area contributed by atoms with E-state index in [2.05, 4.69) is 19.9 Å². The van der Waals surface area contributed by atoms with Crippen LogP contribution in [0.4, 0.5) is 0 Å². The van der Waals surface area contributed by atoms with Crippen LogP contribution < -0.4 is 5.73 Å². The molecule has 0 aliphatic heterocycles. The summed E-state index contributed by atoms with van der Waals surface area (Å²) >= 11 is 0. The first-order chi connectivity index (χ1) is 6.93. The van der Waals surface area contributed by atoms with Crippen molar-refractivity contribution < 1.29 is 5.11 Å². The van der Waals surface area contributed by atoms with Crippen molar-refractivity contribution in [3.8, 4) is 5.75 Å². The predicted molar refractivity (Wildman–Crippen MR) is 62.0 cm³/mol. The molecular weight excluding hydrogens is 186 g/mol. The molecule has 1 aromatic rings. The number of rotatable bonds is 2. The van der Waals surface area contributed by atoms with Crippen LogP contribution in [0.3, 0.4) is 0 Å². The fraction of sp³-hybridized carbons (Fsp3) is 0.538. The molecule has 1 aliphatic carbocycles. The Morgan fingerprint density at radius 2 is 2.00 bits per heavy atom. The minimum Gasteiger partial charge on any atom is -0.508 e. The maximum absolute atomic E-state index is 9.92. The van der Waals surface area contributed by atoms with E-state index in [0.717, 1.165) is 12.0 Å². The third-order valence-corrected chi connectivity index (χ3v) is 3.93. The normalized spacial score (nSPS) is 27.7. The largest absolute Gasteiger partial charge is 0.508 e. The Morgan fingerprint density at radius 3 is 2.47 bits per heavy atom. The highest BCUT2D eigenvalue weighted by Crippen LogP contribution is 2.65. The van der Waals surface area contributed by atoms with Crippen LogP contribution in [0.15, 0.2) is 18.2 Å². The standard InChI is InChI=1S/C13H19NO/c1-9-4-5-11(15)10(6-9)13(8-14)7-12(13,2)3/h4-6,15H,7-8,14H2,1-3H3. The summed E-state index contributed by atoms with van der Waals surface area (Å²) in [7, 11) is 0. The summed E-state index contributed by atoms with van der Waals surface area (Å²) in [6.07, 6.45) is 1.06. The zero-order chi connectivity index (χ0) is 11.3. The quantitative estimate of drug-likeness (QED) is 0.778. The molecule has 1 saturated carbocycles. The summed E-state index contributed by atoms with van der Waals surface area (Å²) in [6, 6.07) is 5.77. The molecule has 0 aromatic heterocycles. The highest BCUT2D eigenvalue weighted by Gasteiger charge is 2.61. The lowest BCUT2D eigenvalue weighted by atomic mass is 9.86. The second kappa shape index (κ2) is 2.99. The van der Waals surface area contributed by atoms with E-state index >= 15 is 0 Å². The molecule has 1 atom stereocenters. The third kappa shape index (κ3) is 1.36. The fourth-order valence-corrected chi connectivity index (χ4v) is 2.66. The van der Waals surface area contributed by atoms with Gasteiger partial charge in [0.2, 0.25) is 0 Å². The van der Waals surface area contributed by atoms with E-state index in [0.29, 0.717) is 12.3 Å². The van der Waals surface area contributed by atoms with Gasteiger partial charge in [0.25, 0.3) is 0 Å². The summed E-state index contributed by atoms with van der Waals surface area (Å²) in [6.45, 7) is 7.07. The van der Waals surface area contributed by atoms with Crippen molar-refractivity contribution >= 4 is 0 Å². The predicted octanol–water partition coefficient (Wildman–Crippen LogP) is 2.33. The smallest absolute Gasteiger partial charge is 0.119 e. The average molecular weight is 205 g/mol. The minimum atomic E-state index is -0.0108. The van der Waals surface area contributed by atoms with Gasteiger partial charge in [-0.15, -0.1) is 0 Å². The number of phenolic OH excluding ortho intramolecular Hbond substituents is 1. The second-order valence-electron chi connectivity index (χ2n) is 5.37. The first-order valence-electron chi connectivity index (χ1n) is 5.43. The van der Waals surface area contributed by atoms with Crippen LogP contribution in [0.25, 0.3) is 0 Å². The zero-order valence-electron chi connectivity index (χ0n) is 9.67. The van der Waals surface area contributed by atoms with Crippen molar-refractivity contribution in [1.82, 2.24) is 0 Å². The molecule has 2 nitrogen and oxygen atoms in total. The molecule has 0 amide bonds. The van der Waals surface area contributed by atoms with Crippen LogP contribution >= 0.6 is 0 Å². The Bertz CT molecular complexity index is 398. The Morgan fingerprint density at radius 1 is 1.40 bits per heavy atom. The van der Waals surface area contributed by atoms with Crippen molar-refractivity contribution in [2.45, 2.75) is 32.6 Å². The highest BCUT2D eigenvalue weighted by molar-refractivity contribution is 5.48. The molecule has 1 aliphatic rings. The number of phenols is 1. The first-order valence-corrected chi connectivity index (χ1v) is 5.43. The molecular formula is C13H19NO. The molecule has 82 valence electrons. The van der Waals surface area contributed by atoms with Crippen molar-refractivity contribution in [2.75, 3.05) is 6.54 Å². The van der Waals surface area contributed by atoms with Gasteiger partial charge in [-0.05, 0) is 24.8 Å². The average Bonchev–Trinajstić information content (AvgIpc) is 2.74. The first kappa shape index (κ1) is 10.5. The SMILES string of the molecule is Cc1ccc(O)c(C2(CN)CC2(C)C)c1. The zero-order valence-corrected chi connectivity index (χ0v) is 9.67. The Kier molecular flexibility index (Phi) is 2.09. The minimum absolute atomic E-state index is 0.0108. The fourth-order valence-electron chi connectivity index (χ4n) is 2.66. The molecule has 0 radical (unpaired) electrons. The van der Waals surface area contributed by atoms with E-state index in [1.165, 1.54) is 5.56 Å². The van der Waals surface area contributed by atoms with E-state index in [4.69, 9.17) is 5.73 Å².